The van der Waals surface area contributed by atoms with Crippen molar-refractivity contribution in [2.45, 2.75) is 25.5 Å². The fraction of sp³-hybridized carbons (Fsp3) is 1.00. The molecule has 0 aromatic carbocycles. The average molecular weight is 202 g/mol. The minimum absolute atomic E-state index is 0.249. The average Bonchev–Trinajstić information content (AvgIpc) is 2.12. The van der Waals surface area contributed by atoms with Crippen molar-refractivity contribution in [1.82, 2.24) is 4.90 Å². The highest BCUT2D eigenvalue weighted by Gasteiger charge is 2.24. The molecule has 0 aromatic rings. The number of hydrogen-bond acceptors (Lipinski definition) is 4. The third-order valence-electron chi connectivity index (χ3n) is 2.93. The Kier molecular flexibility index (Phi) is 4.81. The monoisotopic (exact) mass is 202 g/mol. The third kappa shape index (κ3) is 3.53. The summed E-state index contributed by atoms with van der Waals surface area (Å²) in [6.45, 7) is 5.20. The fourth-order valence-corrected chi connectivity index (χ4v) is 1.88. The predicted molar refractivity (Wildman–Crippen MR) is 56.1 cm³/mol. The number of likely N-dealkylation sites (tertiary alicyclic amines) is 1. The molecule has 0 saturated carbocycles. The second kappa shape index (κ2) is 5.66. The van der Waals surface area contributed by atoms with Gasteiger partial charge in [-0.1, -0.05) is 6.92 Å². The Hall–Kier alpha value is -0.160. The van der Waals surface area contributed by atoms with Crippen LogP contribution in [0.15, 0.2) is 0 Å². The number of aliphatic hydroxyl groups is 1. The first-order valence-electron chi connectivity index (χ1n) is 5.28. The topological polar surface area (TPSA) is 58.7 Å². The first-order chi connectivity index (χ1) is 6.63. The van der Waals surface area contributed by atoms with Gasteiger partial charge in [-0.05, 0) is 18.9 Å². The molecule has 1 heterocycles. The van der Waals surface area contributed by atoms with Crippen LogP contribution in [0.5, 0.6) is 0 Å². The number of aliphatic hydroxyl groups excluding tert-OH is 1. The highest BCUT2D eigenvalue weighted by atomic mass is 16.5. The van der Waals surface area contributed by atoms with Gasteiger partial charge in [0.1, 0.15) is 0 Å². The third-order valence-corrected chi connectivity index (χ3v) is 2.93. The molecular weight excluding hydrogens is 180 g/mol. The minimum atomic E-state index is -0.388. The quantitative estimate of drug-likeness (QED) is 0.655. The Bertz CT molecular complexity index is 166. The Morgan fingerprint density at radius 2 is 2.36 bits per heavy atom. The van der Waals surface area contributed by atoms with Crippen molar-refractivity contribution in [2.24, 2.45) is 11.7 Å². The SMILES string of the molecule is COCC(O)CN1CCC(C)C(N)C1. The van der Waals surface area contributed by atoms with E-state index in [-0.39, 0.29) is 12.1 Å². The predicted octanol–water partition coefficient (Wildman–Crippen LogP) is -0.337. The molecular formula is C10H22N2O2. The van der Waals surface area contributed by atoms with Crippen LogP contribution >= 0.6 is 0 Å². The lowest BCUT2D eigenvalue weighted by molar-refractivity contribution is 0.0271. The minimum Gasteiger partial charge on any atom is -0.389 e. The van der Waals surface area contributed by atoms with E-state index in [2.05, 4.69) is 11.8 Å². The first-order valence-corrected chi connectivity index (χ1v) is 5.28. The van der Waals surface area contributed by atoms with Crippen molar-refractivity contribution < 1.29 is 9.84 Å². The first kappa shape index (κ1) is 11.9. The summed E-state index contributed by atoms with van der Waals surface area (Å²) in [5.41, 5.74) is 5.96. The summed E-state index contributed by atoms with van der Waals surface area (Å²) in [6, 6.07) is 0.249. The molecule has 4 nitrogen and oxygen atoms in total. The van der Waals surface area contributed by atoms with Crippen LogP contribution in [-0.4, -0.2) is 55.5 Å². The van der Waals surface area contributed by atoms with Crippen LogP contribution in [0.3, 0.4) is 0 Å². The zero-order valence-corrected chi connectivity index (χ0v) is 9.15. The molecule has 0 spiro atoms. The van der Waals surface area contributed by atoms with E-state index in [1.807, 2.05) is 0 Å². The van der Waals surface area contributed by atoms with Crippen molar-refractivity contribution in [3.05, 3.63) is 0 Å². The van der Waals surface area contributed by atoms with Crippen molar-refractivity contribution >= 4 is 0 Å². The van der Waals surface area contributed by atoms with Crippen molar-refractivity contribution in [3.63, 3.8) is 0 Å². The molecule has 0 aromatic heterocycles. The summed E-state index contributed by atoms with van der Waals surface area (Å²) < 4.78 is 4.89. The second-order valence-corrected chi connectivity index (χ2v) is 4.30. The number of hydrogen-bond donors (Lipinski definition) is 2. The smallest absolute Gasteiger partial charge is 0.0900 e. The summed E-state index contributed by atoms with van der Waals surface area (Å²) in [5.74, 6) is 0.603. The maximum atomic E-state index is 9.55. The molecule has 84 valence electrons. The number of nitrogens with two attached hydrogens (primary N) is 1. The standard InChI is InChI=1S/C10H22N2O2/c1-8-3-4-12(6-10(8)11)5-9(13)7-14-2/h8-10,13H,3-7,11H2,1-2H3. The van der Waals surface area contributed by atoms with Crippen LogP contribution in [0.25, 0.3) is 0 Å². The molecule has 4 heteroatoms. The molecule has 1 fully saturated rings. The molecule has 1 saturated heterocycles. The van der Waals surface area contributed by atoms with E-state index in [1.54, 1.807) is 7.11 Å². The molecule has 1 aliphatic heterocycles. The summed E-state index contributed by atoms with van der Waals surface area (Å²) >= 11 is 0. The lowest BCUT2D eigenvalue weighted by Gasteiger charge is -2.35. The number of methoxy groups -OCH3 is 1. The van der Waals surface area contributed by atoms with E-state index >= 15 is 0 Å². The van der Waals surface area contributed by atoms with Crippen LogP contribution in [0.4, 0.5) is 0 Å². The van der Waals surface area contributed by atoms with Gasteiger partial charge in [0.05, 0.1) is 12.7 Å². The maximum Gasteiger partial charge on any atom is 0.0900 e. The molecule has 3 N–H and O–H groups in total. The van der Waals surface area contributed by atoms with Crippen LogP contribution in [0.2, 0.25) is 0 Å². The number of rotatable bonds is 4. The molecule has 3 atom stereocenters. The fourth-order valence-electron chi connectivity index (χ4n) is 1.88. The van der Waals surface area contributed by atoms with Crippen LogP contribution < -0.4 is 5.73 Å². The van der Waals surface area contributed by atoms with E-state index < -0.39 is 0 Å². The van der Waals surface area contributed by atoms with E-state index in [0.29, 0.717) is 19.1 Å². The normalized spacial score (nSPS) is 31.7. The van der Waals surface area contributed by atoms with E-state index in [1.165, 1.54) is 0 Å². The number of nitrogens with zero attached hydrogens (tertiary/aromatic N) is 1. The number of ether oxygens (including phenoxy) is 1. The molecule has 0 radical (unpaired) electrons. The Morgan fingerprint density at radius 3 is 2.93 bits per heavy atom. The Balaban J connectivity index is 2.25. The van der Waals surface area contributed by atoms with E-state index in [4.69, 9.17) is 10.5 Å². The van der Waals surface area contributed by atoms with Gasteiger partial charge >= 0.3 is 0 Å². The van der Waals surface area contributed by atoms with Gasteiger partial charge in [-0.25, -0.2) is 0 Å². The Labute approximate surface area is 86.0 Å². The Morgan fingerprint density at radius 1 is 1.64 bits per heavy atom. The lowest BCUT2D eigenvalue weighted by atomic mass is 9.94. The van der Waals surface area contributed by atoms with Crippen molar-refractivity contribution in [2.75, 3.05) is 33.4 Å². The molecule has 14 heavy (non-hydrogen) atoms. The highest BCUT2D eigenvalue weighted by molar-refractivity contribution is 4.81. The van der Waals surface area contributed by atoms with Crippen LogP contribution in [0, 0.1) is 5.92 Å². The van der Waals surface area contributed by atoms with Crippen molar-refractivity contribution in [3.8, 4) is 0 Å². The zero-order valence-electron chi connectivity index (χ0n) is 9.15. The number of β-amino-alcohol motifs (C(OH)–C–C–N with tert-alkyl or cyclic N) is 1. The summed E-state index contributed by atoms with van der Waals surface area (Å²) in [7, 11) is 1.60. The van der Waals surface area contributed by atoms with Crippen LogP contribution in [-0.2, 0) is 4.74 Å². The molecule has 1 rings (SSSR count). The van der Waals surface area contributed by atoms with Gasteiger partial charge in [0.15, 0.2) is 0 Å². The van der Waals surface area contributed by atoms with Gasteiger partial charge in [-0.2, -0.15) is 0 Å². The number of piperidine rings is 1. The van der Waals surface area contributed by atoms with Gasteiger partial charge < -0.3 is 15.6 Å². The van der Waals surface area contributed by atoms with Gasteiger partial charge in [-0.15, -0.1) is 0 Å². The van der Waals surface area contributed by atoms with Gasteiger partial charge in [-0.3, -0.25) is 4.90 Å². The molecule has 0 amide bonds. The van der Waals surface area contributed by atoms with Gasteiger partial charge in [0, 0.05) is 26.2 Å². The summed E-state index contributed by atoms with van der Waals surface area (Å²) in [6.07, 6.45) is 0.738. The maximum absolute atomic E-state index is 9.55. The highest BCUT2D eigenvalue weighted by Crippen LogP contribution is 2.15. The second-order valence-electron chi connectivity index (χ2n) is 4.30. The summed E-state index contributed by atoms with van der Waals surface area (Å²) in [4.78, 5) is 2.22. The van der Waals surface area contributed by atoms with E-state index in [9.17, 15) is 5.11 Å². The lowest BCUT2D eigenvalue weighted by Crippen LogP contribution is -2.49. The van der Waals surface area contributed by atoms with Gasteiger partial charge in [0.25, 0.3) is 0 Å². The molecule has 0 aliphatic carbocycles. The molecule has 3 unspecified atom stereocenters. The van der Waals surface area contributed by atoms with E-state index in [0.717, 1.165) is 19.5 Å². The van der Waals surface area contributed by atoms with Crippen molar-refractivity contribution in [1.29, 1.82) is 0 Å². The molecule has 1 aliphatic rings. The largest absolute Gasteiger partial charge is 0.389 e. The zero-order chi connectivity index (χ0) is 10.6. The van der Waals surface area contributed by atoms with Crippen LogP contribution in [0.1, 0.15) is 13.3 Å². The molecule has 0 bridgehead atoms. The summed E-state index contributed by atoms with van der Waals surface area (Å²) in [5, 5.41) is 9.55. The van der Waals surface area contributed by atoms with Gasteiger partial charge in [0.2, 0.25) is 0 Å².